The van der Waals surface area contributed by atoms with Crippen LogP contribution in [0.2, 0.25) is 0 Å². The van der Waals surface area contributed by atoms with Gasteiger partial charge in [-0.2, -0.15) is 9.78 Å². The fourth-order valence-corrected chi connectivity index (χ4v) is 2.89. The molecule has 0 fully saturated rings. The molecule has 104 valence electrons. The van der Waals surface area contributed by atoms with Crippen LogP contribution in [0.25, 0.3) is 10.9 Å². The summed E-state index contributed by atoms with van der Waals surface area (Å²) in [4.78, 5) is 13.1. The van der Waals surface area contributed by atoms with Gasteiger partial charge in [-0.3, -0.25) is 4.79 Å². The predicted molar refractivity (Wildman–Crippen MR) is 85.4 cm³/mol. The number of thiophene rings is 1. The average Bonchev–Trinajstić information content (AvgIpc) is 3.08. The van der Waals surface area contributed by atoms with Gasteiger partial charge in [-0.25, -0.2) is 0 Å². The van der Waals surface area contributed by atoms with Crippen molar-refractivity contribution in [1.82, 2.24) is 9.78 Å². The largest absolute Gasteiger partial charge is 0.326 e. The fraction of sp³-hybridized carbons (Fsp3) is 0.125. The van der Waals surface area contributed by atoms with Gasteiger partial charge >= 0.3 is 0 Å². The molecule has 1 N–H and O–H groups in total. The van der Waals surface area contributed by atoms with Crippen molar-refractivity contribution in [1.29, 1.82) is 0 Å². The minimum atomic E-state index is -0.0239. The van der Waals surface area contributed by atoms with Crippen molar-refractivity contribution in [2.75, 3.05) is 5.32 Å². The fourth-order valence-electron chi connectivity index (χ4n) is 2.18. The second kappa shape index (κ2) is 5.43. The van der Waals surface area contributed by atoms with Crippen LogP contribution in [-0.2, 0) is 11.2 Å². The Morgan fingerprint density at radius 2 is 2.38 bits per heavy atom. The maximum atomic E-state index is 12.1. The van der Waals surface area contributed by atoms with E-state index in [0.717, 1.165) is 27.0 Å². The molecule has 0 bridgehead atoms. The molecule has 2 aromatic heterocycles. The number of aromatic nitrogens is 2. The Balaban J connectivity index is 1.85. The van der Waals surface area contributed by atoms with Crippen molar-refractivity contribution in [3.05, 3.63) is 46.3 Å². The van der Waals surface area contributed by atoms with Crippen molar-refractivity contribution in [3.63, 3.8) is 0 Å². The summed E-state index contributed by atoms with van der Waals surface area (Å²) in [5, 5.41) is 9.93. The van der Waals surface area contributed by atoms with Gasteiger partial charge in [0.1, 0.15) is 0 Å². The molecule has 3 rings (SSSR count). The van der Waals surface area contributed by atoms with E-state index in [9.17, 15) is 4.79 Å². The van der Waals surface area contributed by atoms with Gasteiger partial charge in [-0.1, -0.05) is 12.5 Å². The first-order chi connectivity index (χ1) is 10.2. The Morgan fingerprint density at radius 1 is 1.52 bits per heavy atom. The van der Waals surface area contributed by atoms with Crippen molar-refractivity contribution in [3.8, 4) is 12.5 Å². The minimum Gasteiger partial charge on any atom is -0.326 e. The number of nitrogens with zero attached hydrogens (tertiary/aromatic N) is 2. The molecular weight excluding hydrogens is 282 g/mol. The number of aryl methyl sites for hydroxylation is 1. The van der Waals surface area contributed by atoms with Gasteiger partial charge in [0, 0.05) is 22.0 Å². The molecule has 1 amide bonds. The highest BCUT2D eigenvalue weighted by molar-refractivity contribution is 7.10. The quantitative estimate of drug-likeness (QED) is 0.755. The Kier molecular flexibility index (Phi) is 3.46. The van der Waals surface area contributed by atoms with Crippen LogP contribution in [0.15, 0.2) is 35.8 Å². The highest BCUT2D eigenvalue weighted by Gasteiger charge is 2.10. The van der Waals surface area contributed by atoms with E-state index >= 15 is 0 Å². The third kappa shape index (κ3) is 2.67. The van der Waals surface area contributed by atoms with E-state index in [1.807, 2.05) is 36.6 Å². The average molecular weight is 295 g/mol. The smallest absolute Gasteiger partial charge is 0.229 e. The van der Waals surface area contributed by atoms with Crippen molar-refractivity contribution < 1.29 is 4.79 Å². The van der Waals surface area contributed by atoms with Crippen LogP contribution in [0.5, 0.6) is 0 Å². The number of nitrogens with one attached hydrogen (secondary N) is 1. The van der Waals surface area contributed by atoms with E-state index in [0.29, 0.717) is 6.42 Å². The summed E-state index contributed by atoms with van der Waals surface area (Å²) < 4.78 is 1.49. The van der Waals surface area contributed by atoms with Crippen LogP contribution in [0, 0.1) is 19.4 Å². The molecule has 0 aliphatic carbocycles. The van der Waals surface area contributed by atoms with Crippen LogP contribution >= 0.6 is 11.3 Å². The highest BCUT2D eigenvalue weighted by atomic mass is 32.1. The molecule has 0 aliphatic rings. The van der Waals surface area contributed by atoms with E-state index in [2.05, 4.69) is 16.5 Å². The zero-order chi connectivity index (χ0) is 14.8. The Labute approximate surface area is 126 Å². The summed E-state index contributed by atoms with van der Waals surface area (Å²) >= 11 is 1.58. The van der Waals surface area contributed by atoms with Gasteiger partial charge in [-0.05, 0) is 36.1 Å². The van der Waals surface area contributed by atoms with Crippen LogP contribution in [0.3, 0.4) is 0 Å². The SMILES string of the molecule is C#Cn1ncc2cc(NC(=O)Cc3cccs3)c(C)cc21. The lowest BCUT2D eigenvalue weighted by atomic mass is 10.1. The number of rotatable bonds is 3. The molecule has 0 atom stereocenters. The van der Waals surface area contributed by atoms with E-state index in [1.54, 1.807) is 17.5 Å². The Bertz CT molecular complexity index is 840. The first-order valence-electron chi connectivity index (χ1n) is 6.44. The zero-order valence-electron chi connectivity index (χ0n) is 11.5. The van der Waals surface area contributed by atoms with Gasteiger partial charge in [0.15, 0.2) is 0 Å². The van der Waals surface area contributed by atoms with E-state index < -0.39 is 0 Å². The number of hydrogen-bond donors (Lipinski definition) is 1. The van der Waals surface area contributed by atoms with Crippen molar-refractivity contribution in [2.24, 2.45) is 0 Å². The lowest BCUT2D eigenvalue weighted by Gasteiger charge is -2.08. The monoisotopic (exact) mass is 295 g/mol. The third-order valence-corrected chi connectivity index (χ3v) is 4.10. The second-order valence-electron chi connectivity index (χ2n) is 4.72. The molecule has 5 heteroatoms. The van der Waals surface area contributed by atoms with Gasteiger partial charge in [-0.15, -0.1) is 11.3 Å². The molecule has 0 saturated carbocycles. The number of amides is 1. The first-order valence-corrected chi connectivity index (χ1v) is 7.32. The summed E-state index contributed by atoms with van der Waals surface area (Å²) in [5.74, 6) is -0.0239. The van der Waals surface area contributed by atoms with Gasteiger partial charge in [0.25, 0.3) is 0 Å². The molecule has 4 nitrogen and oxygen atoms in total. The highest BCUT2D eigenvalue weighted by Crippen LogP contribution is 2.23. The molecule has 1 aromatic carbocycles. The zero-order valence-corrected chi connectivity index (χ0v) is 12.3. The Hall–Kier alpha value is -2.58. The number of carbonyl (C=O) groups excluding carboxylic acids is 1. The normalized spacial score (nSPS) is 10.5. The molecule has 0 spiro atoms. The van der Waals surface area contributed by atoms with Gasteiger partial charge in [0.05, 0.1) is 18.1 Å². The molecule has 0 unspecified atom stereocenters. The van der Waals surface area contributed by atoms with Crippen LogP contribution in [0.1, 0.15) is 10.4 Å². The summed E-state index contributed by atoms with van der Waals surface area (Å²) in [7, 11) is 0. The number of fused-ring (bicyclic) bond motifs is 1. The number of benzene rings is 1. The van der Waals surface area contributed by atoms with Crippen LogP contribution in [0.4, 0.5) is 5.69 Å². The number of hydrogen-bond acceptors (Lipinski definition) is 3. The summed E-state index contributed by atoms with van der Waals surface area (Å²) in [5.41, 5.74) is 2.62. The standard InChI is InChI=1S/C16H13N3OS/c1-3-19-15-7-11(2)14(8-12(15)10-17-19)18-16(20)9-13-5-4-6-21-13/h1,4-8,10H,9H2,2H3,(H,18,20). The van der Waals surface area contributed by atoms with Gasteiger partial charge < -0.3 is 5.32 Å². The van der Waals surface area contributed by atoms with Crippen molar-refractivity contribution >= 4 is 33.8 Å². The van der Waals surface area contributed by atoms with Gasteiger partial charge in [0.2, 0.25) is 5.91 Å². The molecule has 3 aromatic rings. The topological polar surface area (TPSA) is 46.9 Å². The van der Waals surface area contributed by atoms with Crippen molar-refractivity contribution in [2.45, 2.75) is 13.3 Å². The Morgan fingerprint density at radius 3 is 3.10 bits per heavy atom. The molecule has 0 saturated heterocycles. The summed E-state index contributed by atoms with van der Waals surface area (Å²) in [6.07, 6.45) is 7.47. The lowest BCUT2D eigenvalue weighted by molar-refractivity contribution is -0.115. The lowest BCUT2D eigenvalue weighted by Crippen LogP contribution is -2.14. The number of terminal acetylenes is 1. The number of carbonyl (C=O) groups is 1. The molecule has 21 heavy (non-hydrogen) atoms. The molecular formula is C16H13N3OS. The summed E-state index contributed by atoms with van der Waals surface area (Å²) in [6, 6.07) is 10.2. The number of anilines is 1. The van der Waals surface area contributed by atoms with E-state index in [-0.39, 0.29) is 5.91 Å². The maximum Gasteiger partial charge on any atom is 0.229 e. The maximum absolute atomic E-state index is 12.1. The second-order valence-corrected chi connectivity index (χ2v) is 5.75. The third-order valence-electron chi connectivity index (χ3n) is 3.23. The molecule has 2 heterocycles. The first kappa shape index (κ1) is 13.4. The summed E-state index contributed by atoms with van der Waals surface area (Å²) in [6.45, 7) is 1.94. The molecule has 0 aliphatic heterocycles. The van der Waals surface area contributed by atoms with Crippen LogP contribution in [-0.4, -0.2) is 15.7 Å². The predicted octanol–water partition coefficient (Wildman–Crippen LogP) is 3.03. The van der Waals surface area contributed by atoms with E-state index in [1.165, 1.54) is 4.68 Å². The van der Waals surface area contributed by atoms with Crippen LogP contribution < -0.4 is 5.32 Å². The minimum absolute atomic E-state index is 0.0239. The molecule has 0 radical (unpaired) electrons. The van der Waals surface area contributed by atoms with E-state index in [4.69, 9.17) is 6.42 Å².